The van der Waals surface area contributed by atoms with Crippen molar-refractivity contribution < 1.29 is 0 Å². The highest BCUT2D eigenvalue weighted by atomic mass is 15.1. The van der Waals surface area contributed by atoms with Crippen LogP contribution in [-0.4, -0.2) is 15.6 Å². The molecule has 1 aromatic heterocycles. The Kier molecular flexibility index (Phi) is 3.88. The molecular weight excluding hydrogens is 246 g/mol. The van der Waals surface area contributed by atoms with E-state index in [4.69, 9.17) is 0 Å². The smallest absolute Gasteiger partial charge is 0.0949 e. The highest BCUT2D eigenvalue weighted by Gasteiger charge is 2.27. The first kappa shape index (κ1) is 13.4. The maximum Gasteiger partial charge on any atom is 0.0949 e. The molecule has 1 aliphatic carbocycles. The van der Waals surface area contributed by atoms with Gasteiger partial charge in [0.2, 0.25) is 0 Å². The van der Waals surface area contributed by atoms with Crippen LogP contribution >= 0.6 is 0 Å². The molecule has 20 heavy (non-hydrogen) atoms. The van der Waals surface area contributed by atoms with E-state index >= 15 is 0 Å². The zero-order valence-corrected chi connectivity index (χ0v) is 12.3. The Hall–Kier alpha value is -1.61. The van der Waals surface area contributed by atoms with Gasteiger partial charge in [-0.3, -0.25) is 0 Å². The summed E-state index contributed by atoms with van der Waals surface area (Å²) in [7, 11) is 0. The summed E-state index contributed by atoms with van der Waals surface area (Å²) in [6.07, 6.45) is 9.72. The van der Waals surface area contributed by atoms with Gasteiger partial charge < -0.3 is 9.88 Å². The van der Waals surface area contributed by atoms with E-state index in [1.807, 2.05) is 12.5 Å². The molecule has 3 heteroatoms. The van der Waals surface area contributed by atoms with Crippen molar-refractivity contribution in [2.24, 2.45) is 0 Å². The molecule has 0 saturated heterocycles. The fourth-order valence-electron chi connectivity index (χ4n) is 3.23. The van der Waals surface area contributed by atoms with Gasteiger partial charge in [-0.05, 0) is 44.2 Å². The number of hydrogen-bond acceptors (Lipinski definition) is 2. The van der Waals surface area contributed by atoms with Crippen LogP contribution in [0.5, 0.6) is 0 Å². The Morgan fingerprint density at radius 3 is 3.00 bits per heavy atom. The molecule has 2 unspecified atom stereocenters. The van der Waals surface area contributed by atoms with Crippen LogP contribution in [0.15, 0.2) is 36.9 Å². The van der Waals surface area contributed by atoms with E-state index in [2.05, 4.69) is 53.1 Å². The number of aromatic nitrogens is 2. The zero-order valence-electron chi connectivity index (χ0n) is 12.3. The van der Waals surface area contributed by atoms with E-state index in [0.29, 0.717) is 12.1 Å². The number of nitrogens with one attached hydrogen (secondary N) is 1. The van der Waals surface area contributed by atoms with Crippen molar-refractivity contribution in [2.75, 3.05) is 0 Å². The second-order valence-electron chi connectivity index (χ2n) is 5.93. The number of benzene rings is 1. The Balaban J connectivity index is 1.67. The molecule has 3 nitrogen and oxygen atoms in total. The molecule has 0 bridgehead atoms. The van der Waals surface area contributed by atoms with Gasteiger partial charge in [-0.2, -0.15) is 0 Å². The third-order valence-corrected chi connectivity index (χ3v) is 4.45. The average Bonchev–Trinajstić information content (AvgIpc) is 3.09. The molecule has 0 amide bonds. The summed E-state index contributed by atoms with van der Waals surface area (Å²) < 4.78 is 2.26. The second kappa shape index (κ2) is 5.80. The molecule has 0 aliphatic heterocycles. The summed E-state index contributed by atoms with van der Waals surface area (Å²) in [5, 5.41) is 3.76. The molecule has 1 heterocycles. The molecular formula is C17H23N3. The minimum Gasteiger partial charge on any atom is -0.333 e. The molecule has 1 fully saturated rings. The van der Waals surface area contributed by atoms with Gasteiger partial charge in [0, 0.05) is 31.0 Å². The molecule has 1 N–H and O–H groups in total. The third-order valence-electron chi connectivity index (χ3n) is 4.45. The molecule has 0 radical (unpaired) electrons. The van der Waals surface area contributed by atoms with E-state index < -0.39 is 0 Å². The van der Waals surface area contributed by atoms with E-state index in [9.17, 15) is 0 Å². The number of imidazole rings is 1. The lowest BCUT2D eigenvalue weighted by atomic mass is 10.0. The fraction of sp³-hybridized carbons (Fsp3) is 0.471. The lowest BCUT2D eigenvalue weighted by Crippen LogP contribution is -2.33. The van der Waals surface area contributed by atoms with Crippen molar-refractivity contribution in [1.82, 2.24) is 14.9 Å². The van der Waals surface area contributed by atoms with Gasteiger partial charge in [-0.15, -0.1) is 0 Å². The molecule has 3 rings (SSSR count). The van der Waals surface area contributed by atoms with E-state index in [0.717, 1.165) is 6.54 Å². The van der Waals surface area contributed by atoms with Crippen LogP contribution in [0.1, 0.15) is 42.0 Å². The highest BCUT2D eigenvalue weighted by molar-refractivity contribution is 5.30. The summed E-state index contributed by atoms with van der Waals surface area (Å²) in [4.78, 5) is 4.18. The first-order chi connectivity index (χ1) is 9.74. The minimum atomic E-state index is 0.558. The van der Waals surface area contributed by atoms with Crippen molar-refractivity contribution in [2.45, 2.75) is 51.7 Å². The maximum absolute atomic E-state index is 4.18. The fourth-order valence-corrected chi connectivity index (χ4v) is 3.23. The maximum atomic E-state index is 4.18. The molecule has 106 valence electrons. The largest absolute Gasteiger partial charge is 0.333 e. The number of nitrogens with zero attached hydrogens (tertiary/aromatic N) is 2. The average molecular weight is 269 g/mol. The Morgan fingerprint density at radius 1 is 1.30 bits per heavy atom. The first-order valence-electron chi connectivity index (χ1n) is 7.51. The van der Waals surface area contributed by atoms with Crippen LogP contribution < -0.4 is 5.32 Å². The molecule has 1 aromatic carbocycles. The van der Waals surface area contributed by atoms with Crippen LogP contribution in [0.2, 0.25) is 0 Å². The zero-order chi connectivity index (χ0) is 13.9. The van der Waals surface area contributed by atoms with Crippen molar-refractivity contribution in [3.63, 3.8) is 0 Å². The van der Waals surface area contributed by atoms with E-state index in [1.165, 1.54) is 36.0 Å². The van der Waals surface area contributed by atoms with Gasteiger partial charge in [-0.25, -0.2) is 4.98 Å². The minimum absolute atomic E-state index is 0.558. The van der Waals surface area contributed by atoms with Crippen LogP contribution in [0.4, 0.5) is 0 Å². The number of hydrogen-bond donors (Lipinski definition) is 1. The lowest BCUT2D eigenvalue weighted by molar-refractivity contribution is 0.390. The van der Waals surface area contributed by atoms with Crippen molar-refractivity contribution in [1.29, 1.82) is 0 Å². The summed E-state index contributed by atoms with van der Waals surface area (Å²) in [6, 6.07) is 7.81. The molecule has 0 spiro atoms. The molecule has 2 atom stereocenters. The van der Waals surface area contributed by atoms with Gasteiger partial charge in [0.1, 0.15) is 0 Å². The number of rotatable bonds is 4. The summed E-state index contributed by atoms with van der Waals surface area (Å²) in [6.45, 7) is 5.31. The quantitative estimate of drug-likeness (QED) is 0.922. The second-order valence-corrected chi connectivity index (χ2v) is 5.93. The first-order valence-corrected chi connectivity index (χ1v) is 7.51. The Labute approximate surface area is 121 Å². The van der Waals surface area contributed by atoms with Crippen molar-refractivity contribution in [3.05, 3.63) is 53.6 Å². The Morgan fingerprint density at radius 2 is 2.20 bits per heavy atom. The third kappa shape index (κ3) is 2.78. The standard InChI is InChI=1S/C17H23N3/c1-13-6-7-14(2)15(10-13)11-19-16-4-3-5-17(16)20-9-8-18-12-20/h6-10,12,16-17,19H,3-5,11H2,1-2H3. The van der Waals surface area contributed by atoms with Crippen LogP contribution in [-0.2, 0) is 6.54 Å². The van der Waals surface area contributed by atoms with Crippen LogP contribution in [0.3, 0.4) is 0 Å². The highest BCUT2D eigenvalue weighted by Crippen LogP contribution is 2.30. The topological polar surface area (TPSA) is 29.9 Å². The summed E-state index contributed by atoms with van der Waals surface area (Å²) >= 11 is 0. The van der Waals surface area contributed by atoms with Gasteiger partial charge in [0.15, 0.2) is 0 Å². The molecule has 1 aliphatic rings. The van der Waals surface area contributed by atoms with E-state index in [-0.39, 0.29) is 0 Å². The normalized spacial score (nSPS) is 22.3. The Bertz CT molecular complexity index is 560. The van der Waals surface area contributed by atoms with Gasteiger partial charge in [0.25, 0.3) is 0 Å². The van der Waals surface area contributed by atoms with Crippen LogP contribution in [0.25, 0.3) is 0 Å². The van der Waals surface area contributed by atoms with Gasteiger partial charge >= 0.3 is 0 Å². The molecule has 1 saturated carbocycles. The number of aryl methyl sites for hydroxylation is 2. The summed E-state index contributed by atoms with van der Waals surface area (Å²) in [5.74, 6) is 0. The van der Waals surface area contributed by atoms with Gasteiger partial charge in [-0.1, -0.05) is 23.8 Å². The monoisotopic (exact) mass is 269 g/mol. The summed E-state index contributed by atoms with van der Waals surface area (Å²) in [5.41, 5.74) is 4.13. The van der Waals surface area contributed by atoms with Gasteiger partial charge in [0.05, 0.1) is 6.33 Å². The predicted octanol–water partition coefficient (Wildman–Crippen LogP) is 3.38. The van der Waals surface area contributed by atoms with Crippen molar-refractivity contribution in [3.8, 4) is 0 Å². The van der Waals surface area contributed by atoms with Crippen LogP contribution in [0, 0.1) is 13.8 Å². The van der Waals surface area contributed by atoms with E-state index in [1.54, 1.807) is 0 Å². The molecule has 2 aromatic rings. The predicted molar refractivity (Wildman–Crippen MR) is 81.7 cm³/mol. The van der Waals surface area contributed by atoms with Crippen molar-refractivity contribution >= 4 is 0 Å². The SMILES string of the molecule is Cc1ccc(C)c(CNC2CCCC2n2ccnc2)c1. The lowest BCUT2D eigenvalue weighted by Gasteiger charge is -2.22.